The predicted molar refractivity (Wildman–Crippen MR) is 133 cm³/mol. The maximum Gasteiger partial charge on any atom is 0.417 e. The van der Waals surface area contributed by atoms with E-state index >= 15 is 0 Å². The molecule has 2 aliphatic rings. The van der Waals surface area contributed by atoms with Crippen molar-refractivity contribution in [2.75, 3.05) is 13.1 Å². The van der Waals surface area contributed by atoms with Crippen LogP contribution in [0.3, 0.4) is 0 Å². The lowest BCUT2D eigenvalue weighted by atomic mass is 9.95. The monoisotopic (exact) mass is 500 g/mol. The Morgan fingerprint density at radius 2 is 2.03 bits per heavy atom. The number of nitrogens with zero attached hydrogens (tertiary/aromatic N) is 3. The maximum absolute atomic E-state index is 13.9. The number of rotatable bonds is 10. The Kier molecular flexibility index (Phi) is 9.80. The highest BCUT2D eigenvalue weighted by Crippen LogP contribution is 2.27. The van der Waals surface area contributed by atoms with Gasteiger partial charge in [-0.2, -0.15) is 0 Å². The summed E-state index contributed by atoms with van der Waals surface area (Å²) < 4.78 is 5.37. The zero-order valence-electron chi connectivity index (χ0n) is 20.7. The summed E-state index contributed by atoms with van der Waals surface area (Å²) in [6.07, 6.45) is 2.15. The predicted octanol–water partition coefficient (Wildman–Crippen LogP) is 1.11. The minimum atomic E-state index is -1.03. The number of aliphatic imine (C=N–C) groups is 1. The molecular weight excluding hydrogens is 464 g/mol. The Morgan fingerprint density at radius 1 is 1.28 bits per heavy atom. The van der Waals surface area contributed by atoms with E-state index in [4.69, 9.17) is 16.2 Å². The van der Waals surface area contributed by atoms with Crippen LogP contribution in [0.15, 0.2) is 35.3 Å². The van der Waals surface area contributed by atoms with Gasteiger partial charge in [0.1, 0.15) is 18.9 Å². The number of carbonyl (C=O) groups excluding carboxylic acids is 4. The molecule has 11 nitrogen and oxygen atoms in total. The van der Waals surface area contributed by atoms with Crippen molar-refractivity contribution >= 4 is 30.2 Å². The standard InChI is InChI=1S/C25H36N6O5/c1-17-11-13-28-21(14-17)30(19(15-32)8-5-12-29-24(26)27)23(34)20-9-10-22(33)31(20)25(35)36-16-18-6-3-2-4-7-18/h2-4,6-7,15,17,19-21,28H,5,8-14,16H2,1H3,(H4,26,27,29)/t17?,19-,20-,21?/m0/s1. The maximum atomic E-state index is 13.9. The summed E-state index contributed by atoms with van der Waals surface area (Å²) in [4.78, 5) is 58.0. The summed E-state index contributed by atoms with van der Waals surface area (Å²) in [6.45, 7) is 3.10. The van der Waals surface area contributed by atoms with E-state index in [9.17, 15) is 19.2 Å². The molecule has 2 aliphatic heterocycles. The van der Waals surface area contributed by atoms with Gasteiger partial charge in [-0.25, -0.2) is 9.69 Å². The van der Waals surface area contributed by atoms with Gasteiger partial charge in [-0.15, -0.1) is 0 Å². The van der Waals surface area contributed by atoms with E-state index in [1.165, 1.54) is 4.90 Å². The molecule has 0 radical (unpaired) electrons. The number of guanidine groups is 1. The van der Waals surface area contributed by atoms with Gasteiger partial charge in [-0.3, -0.25) is 19.9 Å². The highest BCUT2D eigenvalue weighted by Gasteiger charge is 2.46. The fourth-order valence-corrected chi connectivity index (χ4v) is 4.73. The van der Waals surface area contributed by atoms with Crippen LogP contribution in [0.5, 0.6) is 0 Å². The van der Waals surface area contributed by atoms with Gasteiger partial charge >= 0.3 is 6.09 Å². The third kappa shape index (κ3) is 7.03. The number of imide groups is 1. The molecule has 0 spiro atoms. The Balaban J connectivity index is 1.78. The van der Waals surface area contributed by atoms with Crippen molar-refractivity contribution in [1.29, 1.82) is 0 Å². The summed E-state index contributed by atoms with van der Waals surface area (Å²) in [6, 6.07) is 7.30. The number of nitrogens with one attached hydrogen (secondary N) is 1. The second kappa shape index (κ2) is 13.0. The van der Waals surface area contributed by atoms with Crippen LogP contribution in [-0.4, -0.2) is 71.3 Å². The van der Waals surface area contributed by atoms with Crippen LogP contribution >= 0.6 is 0 Å². The number of benzene rings is 1. The molecule has 4 atom stereocenters. The molecule has 2 fully saturated rings. The van der Waals surface area contributed by atoms with Gasteiger partial charge < -0.3 is 25.9 Å². The zero-order valence-corrected chi connectivity index (χ0v) is 20.7. The highest BCUT2D eigenvalue weighted by molar-refractivity contribution is 6.01. The van der Waals surface area contributed by atoms with E-state index in [1.54, 1.807) is 12.1 Å². The number of aldehydes is 1. The Morgan fingerprint density at radius 3 is 2.69 bits per heavy atom. The largest absolute Gasteiger partial charge is 0.444 e. The average Bonchev–Trinajstić information content (AvgIpc) is 3.26. The lowest BCUT2D eigenvalue weighted by Gasteiger charge is -2.42. The fourth-order valence-electron chi connectivity index (χ4n) is 4.73. The summed E-state index contributed by atoms with van der Waals surface area (Å²) in [5, 5.41) is 3.34. The van der Waals surface area contributed by atoms with Crippen LogP contribution in [0, 0.1) is 5.92 Å². The van der Waals surface area contributed by atoms with E-state index in [0.717, 1.165) is 23.2 Å². The lowest BCUT2D eigenvalue weighted by Crippen LogP contribution is -2.61. The van der Waals surface area contributed by atoms with Crippen molar-refractivity contribution in [3.63, 3.8) is 0 Å². The van der Waals surface area contributed by atoms with E-state index in [-0.39, 0.29) is 25.4 Å². The molecule has 0 saturated carbocycles. The minimum Gasteiger partial charge on any atom is -0.444 e. The summed E-state index contributed by atoms with van der Waals surface area (Å²) in [5.41, 5.74) is 11.5. The number of hydrogen-bond donors (Lipinski definition) is 3. The van der Waals surface area contributed by atoms with Crippen molar-refractivity contribution < 1.29 is 23.9 Å². The molecule has 1 aromatic carbocycles. The number of hydrogen-bond acceptors (Lipinski definition) is 7. The fraction of sp³-hybridized carbons (Fsp3) is 0.560. The third-order valence-corrected chi connectivity index (χ3v) is 6.60. The van der Waals surface area contributed by atoms with Crippen LogP contribution < -0.4 is 16.8 Å². The van der Waals surface area contributed by atoms with Crippen LogP contribution in [-0.2, 0) is 25.7 Å². The molecule has 0 aliphatic carbocycles. The van der Waals surface area contributed by atoms with Crippen molar-refractivity contribution in [2.24, 2.45) is 22.4 Å². The average molecular weight is 501 g/mol. The topological polar surface area (TPSA) is 160 Å². The van der Waals surface area contributed by atoms with Gasteiger partial charge in [0.15, 0.2) is 5.96 Å². The second-order valence-corrected chi connectivity index (χ2v) is 9.36. The molecule has 2 saturated heterocycles. The molecule has 0 aromatic heterocycles. The van der Waals surface area contributed by atoms with Crippen LogP contribution in [0.4, 0.5) is 4.79 Å². The smallest absolute Gasteiger partial charge is 0.417 e. The summed E-state index contributed by atoms with van der Waals surface area (Å²) in [5.74, 6) is -0.602. The molecule has 3 rings (SSSR count). The van der Waals surface area contributed by atoms with Crippen molar-refractivity contribution in [3.05, 3.63) is 35.9 Å². The van der Waals surface area contributed by atoms with E-state index in [0.29, 0.717) is 38.3 Å². The Hall–Kier alpha value is -3.47. The van der Waals surface area contributed by atoms with Gasteiger partial charge in [0.05, 0.1) is 12.2 Å². The first-order valence-corrected chi connectivity index (χ1v) is 12.4. The highest BCUT2D eigenvalue weighted by atomic mass is 16.6. The molecule has 36 heavy (non-hydrogen) atoms. The van der Waals surface area contributed by atoms with Crippen molar-refractivity contribution in [3.8, 4) is 0 Å². The second-order valence-electron chi connectivity index (χ2n) is 9.36. The first-order chi connectivity index (χ1) is 17.3. The lowest BCUT2D eigenvalue weighted by molar-refractivity contribution is -0.147. The normalized spacial score (nSPS) is 22.5. The van der Waals surface area contributed by atoms with Gasteiger partial charge in [0, 0.05) is 13.0 Å². The Labute approximate surface area is 211 Å². The van der Waals surface area contributed by atoms with Gasteiger partial charge in [-0.05, 0) is 50.1 Å². The third-order valence-electron chi connectivity index (χ3n) is 6.60. The number of amides is 3. The first kappa shape index (κ1) is 27.1. The zero-order chi connectivity index (χ0) is 26.1. The number of piperidine rings is 1. The SMILES string of the molecule is CC1CCNC(N(C(=O)[C@@H]2CCC(=O)N2C(=O)OCc2ccccc2)[C@H](C=O)CCCN=C(N)N)C1. The summed E-state index contributed by atoms with van der Waals surface area (Å²) in [7, 11) is 0. The van der Waals surface area contributed by atoms with E-state index in [2.05, 4.69) is 17.2 Å². The molecule has 3 amide bonds. The number of carbonyl (C=O) groups is 4. The molecule has 5 N–H and O–H groups in total. The quantitative estimate of drug-likeness (QED) is 0.186. The molecule has 2 unspecified atom stereocenters. The van der Waals surface area contributed by atoms with Gasteiger partial charge in [-0.1, -0.05) is 37.3 Å². The summed E-state index contributed by atoms with van der Waals surface area (Å²) >= 11 is 0. The molecule has 0 bridgehead atoms. The number of nitrogens with two attached hydrogens (primary N) is 2. The van der Waals surface area contributed by atoms with Crippen molar-refractivity contribution in [2.45, 2.75) is 70.3 Å². The number of likely N-dealkylation sites (tertiary alicyclic amines) is 1. The number of ether oxygens (including phenoxy) is 1. The minimum absolute atomic E-state index is 0.0163. The van der Waals surface area contributed by atoms with Gasteiger partial charge in [0.2, 0.25) is 11.8 Å². The molecule has 1 aromatic rings. The van der Waals surface area contributed by atoms with E-state index in [1.807, 2.05) is 18.2 Å². The van der Waals surface area contributed by atoms with Crippen LogP contribution in [0.1, 0.15) is 51.0 Å². The molecule has 196 valence electrons. The Bertz CT molecular complexity index is 952. The van der Waals surface area contributed by atoms with Crippen LogP contribution in [0.25, 0.3) is 0 Å². The molecular formula is C25H36N6O5. The van der Waals surface area contributed by atoms with Gasteiger partial charge in [0.25, 0.3) is 0 Å². The van der Waals surface area contributed by atoms with E-state index < -0.39 is 36.2 Å². The van der Waals surface area contributed by atoms with Crippen molar-refractivity contribution in [1.82, 2.24) is 15.1 Å². The van der Waals surface area contributed by atoms with Crippen LogP contribution in [0.2, 0.25) is 0 Å². The first-order valence-electron chi connectivity index (χ1n) is 12.4. The molecule has 11 heteroatoms. The molecule has 2 heterocycles.